The molecule has 4 unspecified atom stereocenters. The first-order chi connectivity index (χ1) is 10.8. The summed E-state index contributed by atoms with van der Waals surface area (Å²) in [6.07, 6.45) is 2.40. The van der Waals surface area contributed by atoms with Crippen molar-refractivity contribution in [1.29, 1.82) is 0 Å². The number of alkyl halides is 6. The molecular weight excluding hydrogens is 455 g/mol. The van der Waals surface area contributed by atoms with Crippen molar-refractivity contribution >= 4 is 86.7 Å². The smallest absolute Gasteiger partial charge is 0.193 e. The van der Waals surface area contributed by atoms with E-state index in [1.807, 2.05) is 19.2 Å². The van der Waals surface area contributed by atoms with Crippen molar-refractivity contribution in [1.82, 2.24) is 4.98 Å². The molecule has 0 saturated carbocycles. The SMILES string of the molecule is CC(C(=O)CC(C)C(Cl)(Cl)Cl)C(CC(C)C(Cl)(Cl)Cl)c1nccs1. The highest BCUT2D eigenvalue weighted by molar-refractivity contribution is 7.09. The number of rotatable bonds is 7. The minimum atomic E-state index is -1.48. The summed E-state index contributed by atoms with van der Waals surface area (Å²) in [7, 11) is 0. The van der Waals surface area contributed by atoms with Crippen LogP contribution in [0.15, 0.2) is 11.6 Å². The van der Waals surface area contributed by atoms with Crippen LogP contribution in [0.3, 0.4) is 0 Å². The van der Waals surface area contributed by atoms with Gasteiger partial charge in [-0.15, -0.1) is 11.3 Å². The second kappa shape index (κ2) is 9.30. The molecule has 0 bridgehead atoms. The van der Waals surface area contributed by atoms with E-state index >= 15 is 0 Å². The van der Waals surface area contributed by atoms with Gasteiger partial charge in [0, 0.05) is 41.7 Å². The summed E-state index contributed by atoms with van der Waals surface area (Å²) >= 11 is 37.1. The van der Waals surface area contributed by atoms with Gasteiger partial charge >= 0.3 is 0 Å². The van der Waals surface area contributed by atoms with Crippen LogP contribution in [-0.4, -0.2) is 18.4 Å². The van der Waals surface area contributed by atoms with Crippen LogP contribution >= 0.6 is 80.9 Å². The Hall–Kier alpha value is 1.04. The van der Waals surface area contributed by atoms with Gasteiger partial charge in [-0.2, -0.15) is 0 Å². The van der Waals surface area contributed by atoms with E-state index in [4.69, 9.17) is 69.6 Å². The minimum absolute atomic E-state index is 0.00513. The third-order valence-corrected chi connectivity index (χ3v) is 7.26. The number of thiazole rings is 1. The van der Waals surface area contributed by atoms with Crippen LogP contribution in [0.25, 0.3) is 0 Å². The predicted octanol–water partition coefficient (Wildman–Crippen LogP) is 7.22. The van der Waals surface area contributed by atoms with Crippen LogP contribution in [-0.2, 0) is 4.79 Å². The lowest BCUT2D eigenvalue weighted by Gasteiger charge is -2.29. The van der Waals surface area contributed by atoms with E-state index in [-0.39, 0.29) is 35.9 Å². The summed E-state index contributed by atoms with van der Waals surface area (Å²) in [6, 6.07) is 0. The number of carbonyl (C=O) groups is 1. The molecule has 0 aliphatic heterocycles. The van der Waals surface area contributed by atoms with Gasteiger partial charge in [0.2, 0.25) is 0 Å². The van der Waals surface area contributed by atoms with Crippen molar-refractivity contribution in [2.24, 2.45) is 17.8 Å². The van der Waals surface area contributed by atoms with E-state index in [1.165, 1.54) is 11.3 Å². The largest absolute Gasteiger partial charge is 0.299 e. The molecule has 0 aliphatic rings. The normalized spacial score (nSPS) is 18.0. The first-order valence-electron chi connectivity index (χ1n) is 7.39. The van der Waals surface area contributed by atoms with Crippen molar-refractivity contribution in [2.75, 3.05) is 0 Å². The Bertz CT molecular complexity index is 525. The molecule has 1 aromatic heterocycles. The standard InChI is InChI=1S/C15H19Cl6NOS/c1-8(14(16,17)18)6-11(13-22-4-5-24-13)10(3)12(23)7-9(2)15(19,20)21/h4-5,8-11H,6-7H2,1-3H3. The molecule has 1 heterocycles. The molecule has 0 amide bonds. The molecule has 0 spiro atoms. The van der Waals surface area contributed by atoms with E-state index < -0.39 is 7.59 Å². The molecule has 0 fully saturated rings. The van der Waals surface area contributed by atoms with Gasteiger partial charge in [-0.3, -0.25) is 4.79 Å². The van der Waals surface area contributed by atoms with E-state index in [0.717, 1.165) is 5.01 Å². The van der Waals surface area contributed by atoms with E-state index in [1.54, 1.807) is 13.1 Å². The number of hydrogen-bond donors (Lipinski definition) is 0. The fourth-order valence-corrected chi connectivity index (χ4v) is 3.64. The van der Waals surface area contributed by atoms with Gasteiger partial charge in [-0.05, 0) is 6.42 Å². The number of Topliss-reactive ketones (excluding diaryl/α,β-unsaturated/α-hetero) is 1. The number of halogens is 6. The molecule has 4 atom stereocenters. The first-order valence-corrected chi connectivity index (χ1v) is 10.5. The Morgan fingerprint density at radius 2 is 1.62 bits per heavy atom. The zero-order valence-electron chi connectivity index (χ0n) is 13.4. The topological polar surface area (TPSA) is 30.0 Å². The molecule has 138 valence electrons. The zero-order chi connectivity index (χ0) is 18.7. The molecule has 0 N–H and O–H groups in total. The maximum atomic E-state index is 12.7. The number of aromatic nitrogens is 1. The average molecular weight is 474 g/mol. The third kappa shape index (κ3) is 6.98. The summed E-state index contributed by atoms with van der Waals surface area (Å²) in [5.41, 5.74) is 0. The van der Waals surface area contributed by atoms with Crippen LogP contribution < -0.4 is 0 Å². The Kier molecular flexibility index (Phi) is 8.95. The van der Waals surface area contributed by atoms with Gasteiger partial charge in [0.05, 0.1) is 5.01 Å². The lowest BCUT2D eigenvalue weighted by molar-refractivity contribution is -0.124. The summed E-state index contributed by atoms with van der Waals surface area (Å²) in [5, 5.41) is 2.71. The van der Waals surface area contributed by atoms with Gasteiger partial charge in [0.1, 0.15) is 5.78 Å². The maximum Gasteiger partial charge on any atom is 0.193 e. The van der Waals surface area contributed by atoms with Gasteiger partial charge in [-0.1, -0.05) is 90.4 Å². The Morgan fingerprint density at radius 1 is 1.08 bits per heavy atom. The monoisotopic (exact) mass is 471 g/mol. The molecular formula is C15H19Cl6NOS. The molecule has 24 heavy (non-hydrogen) atoms. The highest BCUT2D eigenvalue weighted by Crippen LogP contribution is 2.44. The zero-order valence-corrected chi connectivity index (χ0v) is 18.8. The highest BCUT2D eigenvalue weighted by Gasteiger charge is 2.37. The van der Waals surface area contributed by atoms with Crippen LogP contribution in [0.1, 0.15) is 44.5 Å². The van der Waals surface area contributed by atoms with Crippen molar-refractivity contribution in [3.63, 3.8) is 0 Å². The van der Waals surface area contributed by atoms with Crippen molar-refractivity contribution < 1.29 is 4.79 Å². The Balaban J connectivity index is 2.93. The second-order valence-electron chi connectivity index (χ2n) is 6.06. The summed E-state index contributed by atoms with van der Waals surface area (Å²) in [6.45, 7) is 5.43. The summed E-state index contributed by atoms with van der Waals surface area (Å²) in [4.78, 5) is 17.0. The average Bonchev–Trinajstić information content (AvgIpc) is 2.95. The van der Waals surface area contributed by atoms with Crippen molar-refractivity contribution in [3.05, 3.63) is 16.6 Å². The third-order valence-electron chi connectivity index (χ3n) is 4.11. The number of nitrogens with zero attached hydrogens (tertiary/aromatic N) is 1. The summed E-state index contributed by atoms with van der Waals surface area (Å²) < 4.78 is -2.87. The fourth-order valence-electron chi connectivity index (χ4n) is 2.28. The predicted molar refractivity (Wildman–Crippen MR) is 107 cm³/mol. The van der Waals surface area contributed by atoms with Gasteiger partial charge < -0.3 is 0 Å². The maximum absolute atomic E-state index is 12.7. The summed E-state index contributed by atoms with van der Waals surface area (Å²) in [5.74, 6) is -1.09. The molecule has 0 saturated heterocycles. The Labute approximate surface area is 177 Å². The van der Waals surface area contributed by atoms with E-state index in [2.05, 4.69) is 4.98 Å². The van der Waals surface area contributed by atoms with E-state index in [9.17, 15) is 4.79 Å². The van der Waals surface area contributed by atoms with E-state index in [0.29, 0.717) is 6.42 Å². The highest BCUT2D eigenvalue weighted by atomic mass is 35.6. The fraction of sp³-hybridized carbons (Fsp3) is 0.733. The van der Waals surface area contributed by atoms with Gasteiger partial charge in [0.15, 0.2) is 7.59 Å². The molecule has 2 nitrogen and oxygen atoms in total. The second-order valence-corrected chi connectivity index (χ2v) is 11.7. The van der Waals surface area contributed by atoms with Crippen molar-refractivity contribution in [3.8, 4) is 0 Å². The van der Waals surface area contributed by atoms with Gasteiger partial charge in [0.25, 0.3) is 0 Å². The molecule has 0 aliphatic carbocycles. The van der Waals surface area contributed by atoms with Crippen LogP contribution in [0.5, 0.6) is 0 Å². The molecule has 0 radical (unpaired) electrons. The van der Waals surface area contributed by atoms with Crippen LogP contribution in [0, 0.1) is 17.8 Å². The van der Waals surface area contributed by atoms with Crippen LogP contribution in [0.2, 0.25) is 0 Å². The molecule has 1 aromatic rings. The first kappa shape index (κ1) is 23.1. The molecule has 1 rings (SSSR count). The number of hydrogen-bond acceptors (Lipinski definition) is 3. The molecule has 0 aromatic carbocycles. The quantitative estimate of drug-likeness (QED) is 0.391. The molecule has 9 heteroatoms. The van der Waals surface area contributed by atoms with Crippen molar-refractivity contribution in [2.45, 2.75) is 47.1 Å². The number of ketones is 1. The van der Waals surface area contributed by atoms with Gasteiger partial charge in [-0.25, -0.2) is 4.98 Å². The van der Waals surface area contributed by atoms with Crippen LogP contribution in [0.4, 0.5) is 0 Å². The number of carbonyl (C=O) groups excluding carboxylic acids is 1. The Morgan fingerprint density at radius 3 is 2.04 bits per heavy atom. The lowest BCUT2D eigenvalue weighted by Crippen LogP contribution is -2.28. The minimum Gasteiger partial charge on any atom is -0.299 e. The lowest BCUT2D eigenvalue weighted by atomic mass is 9.82.